The molecule has 1 atom stereocenters. The van der Waals surface area contributed by atoms with E-state index >= 15 is 0 Å². The lowest BCUT2D eigenvalue weighted by molar-refractivity contribution is 0.417. The highest BCUT2D eigenvalue weighted by atomic mass is 14.9. The third kappa shape index (κ3) is 3.99. The fraction of sp³-hybridized carbons (Fsp3) is 0.692. The molecule has 0 aliphatic rings. The zero-order chi connectivity index (χ0) is 12.0. The summed E-state index contributed by atoms with van der Waals surface area (Å²) in [6.45, 7) is 9.55. The van der Waals surface area contributed by atoms with E-state index in [1.807, 2.05) is 12.3 Å². The summed E-state index contributed by atoms with van der Waals surface area (Å²) >= 11 is 0. The van der Waals surface area contributed by atoms with Crippen LogP contribution in [0.4, 0.5) is 0 Å². The molecule has 0 radical (unpaired) electrons. The number of nitrogens with one attached hydrogen (secondary N) is 2. The van der Waals surface area contributed by atoms with Crippen molar-refractivity contribution in [3.05, 3.63) is 24.0 Å². The van der Waals surface area contributed by atoms with Crippen molar-refractivity contribution in [2.24, 2.45) is 11.7 Å². The minimum atomic E-state index is 0.159. The summed E-state index contributed by atoms with van der Waals surface area (Å²) in [6, 6.07) is 4.19. The van der Waals surface area contributed by atoms with Crippen LogP contribution in [0.2, 0.25) is 0 Å². The molecular formula is C13H25N3. The molecule has 1 rings (SSSR count). The number of aromatic amines is 1. The van der Waals surface area contributed by atoms with Gasteiger partial charge in [-0.2, -0.15) is 0 Å². The predicted octanol–water partition coefficient (Wildman–Crippen LogP) is 1.87. The summed E-state index contributed by atoms with van der Waals surface area (Å²) in [5.74, 6) is 0.657. The van der Waals surface area contributed by atoms with Crippen LogP contribution in [0.5, 0.6) is 0 Å². The molecule has 4 N–H and O–H groups in total. The first kappa shape index (κ1) is 13.3. The van der Waals surface area contributed by atoms with E-state index in [1.165, 1.54) is 5.69 Å². The van der Waals surface area contributed by atoms with Gasteiger partial charge >= 0.3 is 0 Å². The van der Waals surface area contributed by atoms with Crippen molar-refractivity contribution < 1.29 is 0 Å². The Morgan fingerprint density at radius 1 is 1.50 bits per heavy atom. The van der Waals surface area contributed by atoms with Gasteiger partial charge in [0.25, 0.3) is 0 Å². The summed E-state index contributed by atoms with van der Waals surface area (Å²) in [5.41, 5.74) is 6.97. The molecule has 0 fully saturated rings. The molecule has 0 spiro atoms. The molecule has 1 heterocycles. The van der Waals surface area contributed by atoms with Gasteiger partial charge in [-0.1, -0.05) is 20.8 Å². The van der Waals surface area contributed by atoms with Crippen molar-refractivity contribution in [2.45, 2.75) is 32.6 Å². The van der Waals surface area contributed by atoms with Gasteiger partial charge < -0.3 is 16.0 Å². The van der Waals surface area contributed by atoms with Gasteiger partial charge in [-0.25, -0.2) is 0 Å². The van der Waals surface area contributed by atoms with Crippen LogP contribution in [0.1, 0.15) is 32.9 Å². The first-order valence-corrected chi connectivity index (χ1v) is 6.11. The lowest BCUT2D eigenvalue weighted by atomic mass is 9.89. The molecule has 3 heteroatoms. The maximum Gasteiger partial charge on any atom is 0.0217 e. The number of aromatic nitrogens is 1. The fourth-order valence-corrected chi connectivity index (χ4v) is 1.86. The van der Waals surface area contributed by atoms with E-state index in [0.717, 1.165) is 26.1 Å². The smallest absolute Gasteiger partial charge is 0.0217 e. The van der Waals surface area contributed by atoms with Gasteiger partial charge in [-0.05, 0) is 37.6 Å². The first-order valence-electron chi connectivity index (χ1n) is 6.11. The summed E-state index contributed by atoms with van der Waals surface area (Å²) < 4.78 is 0. The Kier molecular flexibility index (Phi) is 5.03. The Bertz CT molecular complexity index is 277. The van der Waals surface area contributed by atoms with Gasteiger partial charge in [0.15, 0.2) is 0 Å². The predicted molar refractivity (Wildman–Crippen MR) is 69.5 cm³/mol. The average molecular weight is 223 g/mol. The first-order chi connectivity index (χ1) is 7.56. The van der Waals surface area contributed by atoms with Gasteiger partial charge in [-0.3, -0.25) is 0 Å². The second-order valence-electron chi connectivity index (χ2n) is 5.28. The van der Waals surface area contributed by atoms with E-state index in [1.54, 1.807) is 0 Å². The number of H-pyrrole nitrogens is 1. The quantitative estimate of drug-likeness (QED) is 0.661. The zero-order valence-electron chi connectivity index (χ0n) is 10.7. The van der Waals surface area contributed by atoms with Crippen molar-refractivity contribution in [1.29, 1.82) is 0 Å². The van der Waals surface area contributed by atoms with Crippen LogP contribution in [0.25, 0.3) is 0 Å². The van der Waals surface area contributed by atoms with E-state index in [2.05, 4.69) is 37.1 Å². The molecule has 0 aliphatic heterocycles. The van der Waals surface area contributed by atoms with Gasteiger partial charge in [0.1, 0.15) is 0 Å². The van der Waals surface area contributed by atoms with E-state index in [4.69, 9.17) is 5.73 Å². The van der Waals surface area contributed by atoms with E-state index in [0.29, 0.717) is 5.92 Å². The molecule has 16 heavy (non-hydrogen) atoms. The third-order valence-corrected chi connectivity index (χ3v) is 3.05. The fourth-order valence-electron chi connectivity index (χ4n) is 1.86. The molecule has 0 saturated heterocycles. The van der Waals surface area contributed by atoms with Crippen molar-refractivity contribution in [3.8, 4) is 0 Å². The van der Waals surface area contributed by atoms with Crippen LogP contribution in [0, 0.1) is 5.92 Å². The molecule has 1 aromatic rings. The Labute approximate surface area is 98.8 Å². The zero-order valence-corrected chi connectivity index (χ0v) is 10.7. The van der Waals surface area contributed by atoms with Crippen LogP contribution in [-0.4, -0.2) is 24.6 Å². The maximum absolute atomic E-state index is 5.53. The molecule has 0 bridgehead atoms. The molecule has 1 aromatic heterocycles. The second kappa shape index (κ2) is 6.06. The van der Waals surface area contributed by atoms with Crippen LogP contribution in [0.3, 0.4) is 0 Å². The van der Waals surface area contributed by atoms with E-state index in [-0.39, 0.29) is 5.41 Å². The normalized spacial score (nSPS) is 14.0. The summed E-state index contributed by atoms with van der Waals surface area (Å²) in [4.78, 5) is 3.28. The molecule has 0 aliphatic carbocycles. The minimum Gasteiger partial charge on any atom is -0.365 e. The van der Waals surface area contributed by atoms with Crippen LogP contribution < -0.4 is 11.1 Å². The van der Waals surface area contributed by atoms with E-state index in [9.17, 15) is 0 Å². The Morgan fingerprint density at radius 3 is 2.81 bits per heavy atom. The highest BCUT2D eigenvalue weighted by Crippen LogP contribution is 2.19. The highest BCUT2D eigenvalue weighted by molar-refractivity contribution is 5.15. The van der Waals surface area contributed by atoms with Crippen LogP contribution >= 0.6 is 0 Å². The van der Waals surface area contributed by atoms with Crippen molar-refractivity contribution in [2.75, 3.05) is 19.6 Å². The lowest BCUT2D eigenvalue weighted by Gasteiger charge is -2.25. The summed E-state index contributed by atoms with van der Waals surface area (Å²) in [6.07, 6.45) is 3.07. The number of rotatable bonds is 7. The largest absolute Gasteiger partial charge is 0.365 e. The Morgan fingerprint density at radius 2 is 2.25 bits per heavy atom. The molecule has 0 amide bonds. The molecule has 92 valence electrons. The molecule has 1 unspecified atom stereocenters. The van der Waals surface area contributed by atoms with Gasteiger partial charge in [0.05, 0.1) is 0 Å². The van der Waals surface area contributed by atoms with Gasteiger partial charge in [-0.15, -0.1) is 0 Å². The standard InChI is InChI=1S/C13H25N3/c1-11(6-7-14)9-15-10-13(2,3)12-5-4-8-16-12/h4-5,8,11,15-16H,6-7,9-10,14H2,1-3H3. The van der Waals surface area contributed by atoms with Crippen molar-refractivity contribution >= 4 is 0 Å². The lowest BCUT2D eigenvalue weighted by Crippen LogP contribution is -2.35. The summed E-state index contributed by atoms with van der Waals surface area (Å²) in [7, 11) is 0. The van der Waals surface area contributed by atoms with E-state index < -0.39 is 0 Å². The molecule has 3 nitrogen and oxygen atoms in total. The average Bonchev–Trinajstić information content (AvgIpc) is 2.71. The summed E-state index contributed by atoms with van der Waals surface area (Å²) in [5, 5.41) is 3.52. The van der Waals surface area contributed by atoms with Gasteiger partial charge in [0, 0.05) is 23.9 Å². The third-order valence-electron chi connectivity index (χ3n) is 3.05. The van der Waals surface area contributed by atoms with Crippen molar-refractivity contribution in [1.82, 2.24) is 10.3 Å². The highest BCUT2D eigenvalue weighted by Gasteiger charge is 2.20. The molecule has 0 aromatic carbocycles. The van der Waals surface area contributed by atoms with Crippen LogP contribution in [0.15, 0.2) is 18.3 Å². The number of hydrogen-bond acceptors (Lipinski definition) is 2. The maximum atomic E-state index is 5.53. The van der Waals surface area contributed by atoms with Crippen LogP contribution in [-0.2, 0) is 5.41 Å². The Balaban J connectivity index is 2.32. The minimum absolute atomic E-state index is 0.159. The topological polar surface area (TPSA) is 53.8 Å². The molecule has 0 saturated carbocycles. The number of nitrogens with two attached hydrogens (primary N) is 1. The SMILES string of the molecule is CC(CCN)CNCC(C)(C)c1ccc[nH]1. The van der Waals surface area contributed by atoms with Gasteiger partial charge in [0.2, 0.25) is 0 Å². The number of hydrogen-bond donors (Lipinski definition) is 3. The molecular weight excluding hydrogens is 198 g/mol. The van der Waals surface area contributed by atoms with Crippen molar-refractivity contribution in [3.63, 3.8) is 0 Å². The monoisotopic (exact) mass is 223 g/mol. The second-order valence-corrected chi connectivity index (χ2v) is 5.28. The Hall–Kier alpha value is -0.800.